The Balaban J connectivity index is 0.000000172. The Labute approximate surface area is 620 Å². The Hall–Kier alpha value is -2.19. The summed E-state index contributed by atoms with van der Waals surface area (Å²) >= 11 is 0. The highest BCUT2D eigenvalue weighted by Gasteiger charge is 2.67. The van der Waals surface area contributed by atoms with Crippen LogP contribution < -0.4 is 4.74 Å². The van der Waals surface area contributed by atoms with Crippen LogP contribution in [0, 0.1) is 59.2 Å². The van der Waals surface area contributed by atoms with Gasteiger partial charge in [0.1, 0.15) is 22.6 Å². The van der Waals surface area contributed by atoms with Gasteiger partial charge in [-0.05, 0) is 179 Å². The van der Waals surface area contributed by atoms with Gasteiger partial charge in [-0.15, -0.1) is 0 Å². The number of carbonyl (C=O) groups excluding carboxylic acids is 4. The number of carbonyl (C=O) groups is 4. The van der Waals surface area contributed by atoms with E-state index in [1.807, 2.05) is 24.3 Å². The average Bonchev–Trinajstić information content (AvgIpc) is 1.06. The van der Waals surface area contributed by atoms with Crippen molar-refractivity contribution in [3.05, 3.63) is 72.9 Å². The fraction of sp³-hybridized carbons (Fsp3) is 0.780. The van der Waals surface area contributed by atoms with E-state index in [1.165, 1.54) is 92.2 Å². The number of hydrogen-bond donors (Lipinski definition) is 0. The zero-order valence-electron chi connectivity index (χ0n) is 68.1. The van der Waals surface area contributed by atoms with Crippen molar-refractivity contribution in [3.8, 4) is 5.75 Å². The summed E-state index contributed by atoms with van der Waals surface area (Å²) in [7, 11) is -12.1. The quantitative estimate of drug-likeness (QED) is 0.0264. The summed E-state index contributed by atoms with van der Waals surface area (Å²) in [5.74, 6) is 6.86. The lowest BCUT2D eigenvalue weighted by molar-refractivity contribution is -0.168. The van der Waals surface area contributed by atoms with Crippen LogP contribution in [0.5, 0.6) is 5.75 Å². The monoisotopic (exact) mass is 1530 g/mol. The first-order valence-corrected chi connectivity index (χ1v) is 71.0. The smallest absolute Gasteiger partial charge is 0.344 e. The average molecular weight is 1530 g/mol. The highest BCUT2D eigenvalue weighted by atomic mass is 28.5. The summed E-state index contributed by atoms with van der Waals surface area (Å²) in [6.45, 7) is 63.2. The van der Waals surface area contributed by atoms with Crippen LogP contribution in [0.1, 0.15) is 117 Å². The van der Waals surface area contributed by atoms with Crippen molar-refractivity contribution in [1.82, 2.24) is 0 Å². The predicted octanol–water partition coefficient (Wildman–Crippen LogP) is 23.1. The minimum absolute atomic E-state index is 0.0249. The van der Waals surface area contributed by atoms with E-state index in [0.29, 0.717) is 29.1 Å². The zero-order valence-corrected chi connectivity index (χ0v) is 77.1. The van der Waals surface area contributed by atoms with Gasteiger partial charge in [0.2, 0.25) is 0 Å². The molecule has 1 aromatic rings. The second-order valence-electron chi connectivity index (χ2n) is 42.2. The van der Waals surface area contributed by atoms with Crippen LogP contribution in [0.25, 0.3) is 6.08 Å². The van der Waals surface area contributed by atoms with Crippen molar-refractivity contribution in [2.75, 3.05) is 6.61 Å². The molecule has 0 radical (unpaired) electrons. The van der Waals surface area contributed by atoms with E-state index >= 15 is 0 Å². The van der Waals surface area contributed by atoms with Gasteiger partial charge in [0.15, 0.2) is 6.61 Å². The van der Waals surface area contributed by atoms with Crippen LogP contribution in [-0.2, 0) is 38.1 Å². The zero-order chi connectivity index (χ0) is 74.3. The highest BCUT2D eigenvalue weighted by molar-refractivity contribution is 7.15. The first-order valence-electron chi connectivity index (χ1n) is 40.4. The van der Waals surface area contributed by atoms with E-state index in [-0.39, 0.29) is 64.0 Å². The fourth-order valence-electron chi connectivity index (χ4n) is 23.7. The Bertz CT molecular complexity index is 3070. The van der Waals surface area contributed by atoms with Gasteiger partial charge in [0, 0.05) is 37.9 Å². The molecule has 0 amide bonds. The number of allylic oxidation sites excluding steroid dienone is 4. The number of esters is 4. The van der Waals surface area contributed by atoms with Gasteiger partial charge in [0.25, 0.3) is 0 Å². The molecule has 3 heterocycles. The molecule has 0 aromatic heterocycles. The summed E-state index contributed by atoms with van der Waals surface area (Å²) in [6, 6.07) is 21.2. The third-order valence-electron chi connectivity index (χ3n) is 26.9. The lowest BCUT2D eigenvalue weighted by Gasteiger charge is -2.62. The van der Waals surface area contributed by atoms with E-state index < -0.39 is 72.7 Å². The molecular formula is C82H146O9Si9. The molecule has 0 spiro atoms. The molecule has 5 saturated carbocycles. The van der Waals surface area contributed by atoms with Crippen LogP contribution in [0.2, 0.25) is 202 Å². The minimum Gasteiger partial charge on any atom is -0.482 e. The topological polar surface area (TPSA) is 114 Å². The molecule has 564 valence electrons. The normalized spacial score (nSPS) is 32.2. The molecule has 3 saturated heterocycles. The molecule has 12 unspecified atom stereocenters. The summed E-state index contributed by atoms with van der Waals surface area (Å²) < 4.78 is 31.1. The molecular weight excluding hydrogens is 1380 g/mol. The minimum atomic E-state index is -1.69. The molecule has 0 N–H and O–H groups in total. The van der Waals surface area contributed by atoms with Gasteiger partial charge in [-0.3, -0.25) is 9.59 Å². The van der Waals surface area contributed by atoms with E-state index in [2.05, 4.69) is 183 Å². The van der Waals surface area contributed by atoms with Crippen LogP contribution in [0.3, 0.4) is 0 Å². The number of fused-ring (bicyclic) bond motifs is 11. The van der Waals surface area contributed by atoms with Gasteiger partial charge in [-0.25, -0.2) is 9.59 Å². The van der Waals surface area contributed by atoms with Crippen molar-refractivity contribution in [2.45, 2.75) is 335 Å². The second-order valence-corrected chi connectivity index (χ2v) is 91.4. The molecule has 12 atom stereocenters. The first kappa shape index (κ1) is 83.5. The molecule has 8 fully saturated rings. The van der Waals surface area contributed by atoms with Crippen LogP contribution in [-0.4, -0.2) is 125 Å². The van der Waals surface area contributed by atoms with E-state index in [4.69, 9.17) is 23.7 Å². The van der Waals surface area contributed by atoms with E-state index in [1.54, 1.807) is 13.0 Å². The lowest BCUT2D eigenvalue weighted by atomic mass is 9.69. The standard InChI is InChI=1S/C26H42O2Si.C21H42O2Si4.C20H32O3Si2.C15H30O2Si2/c1-4-29(5-2,6-3)14-13-26(11-7-8-12-26)28-25(27)22-17-20-16-21(22)24-19-10-9-18(15-19)23(20)24;1-24(2,3)14-21(23-20(22)19-13-17-10-11-18(19)12-17)26(6,7)15-25(4,5)16-27(21,8)9;1-7-17-8-10-18(11-9-17)22-14-19(21)23-20(15-24(2,3)4)12-13-25(5,6)16-20;1-13(2)14(16)17-15(11-18(3,4)5)9-8-10-19(6,7)12-15/h9-10,18-24H,4-8,11-17H2,1-3H3;10-11,17-19H,12-16H2,1-9H3;7-11H,1,12-16H2,2-6H3;1,8-12H2,2-7H3. The van der Waals surface area contributed by atoms with Gasteiger partial charge >= 0.3 is 23.9 Å². The van der Waals surface area contributed by atoms with Crippen molar-refractivity contribution in [1.29, 1.82) is 0 Å². The third kappa shape index (κ3) is 20.5. The molecule has 3 aliphatic heterocycles. The molecule has 1 aromatic carbocycles. The SMILES string of the molecule is C=C(C)C(=O)OC1(C[Si](C)(C)C)CCC[Si](C)(C)C1.C=Cc1ccc(OCC(=O)OC2(C[Si](C)(C)C)CC[Si](C)(C)C2)cc1.CC[Si](CC)(CC)CCC1(OC(=O)C2CC3CC2C2C4C=CC(C4)C32)CCCC1.C[Si](C)(C)CC1(OC(=O)C2CC3C=CC2C3)[Si](C)(C)C[Si](C)(C)C[Si]1(C)C. The van der Waals surface area contributed by atoms with E-state index in [0.717, 1.165) is 104 Å². The summed E-state index contributed by atoms with van der Waals surface area (Å²) in [5, 5.41) is 0. The molecule has 10 aliphatic rings. The maximum atomic E-state index is 13.5. The number of ether oxygens (including phenoxy) is 5. The largest absolute Gasteiger partial charge is 0.482 e. The summed E-state index contributed by atoms with van der Waals surface area (Å²) in [4.78, 5) is 51.5. The van der Waals surface area contributed by atoms with E-state index in [9.17, 15) is 19.2 Å². The number of hydrogen-bond acceptors (Lipinski definition) is 9. The molecule has 7 aliphatic carbocycles. The van der Waals surface area contributed by atoms with Crippen molar-refractivity contribution < 1.29 is 42.9 Å². The molecule has 100 heavy (non-hydrogen) atoms. The maximum absolute atomic E-state index is 13.5. The summed E-state index contributed by atoms with van der Waals surface area (Å²) in [5.41, 5.74) is 3.87. The lowest BCUT2D eigenvalue weighted by Crippen LogP contribution is -2.78. The number of rotatable bonds is 23. The van der Waals surface area contributed by atoms with Crippen LogP contribution >= 0.6 is 0 Å². The maximum Gasteiger partial charge on any atom is 0.344 e. The summed E-state index contributed by atoms with van der Waals surface area (Å²) in [6.07, 6.45) is 26.6. The van der Waals surface area contributed by atoms with Crippen molar-refractivity contribution >= 4 is 103 Å². The van der Waals surface area contributed by atoms with Crippen LogP contribution in [0.15, 0.2) is 67.3 Å². The first-order chi connectivity index (χ1) is 46.1. The Morgan fingerprint density at radius 3 is 1.55 bits per heavy atom. The molecule has 6 bridgehead atoms. The third-order valence-corrected chi connectivity index (χ3v) is 68.7. The van der Waals surface area contributed by atoms with Crippen LogP contribution in [0.4, 0.5) is 0 Å². The van der Waals surface area contributed by atoms with Gasteiger partial charge < -0.3 is 23.7 Å². The van der Waals surface area contributed by atoms with Gasteiger partial charge in [-0.2, -0.15) is 0 Å². The molecule has 18 heteroatoms. The van der Waals surface area contributed by atoms with Gasteiger partial charge in [-0.1, -0.05) is 255 Å². The molecule has 9 nitrogen and oxygen atoms in total. The Morgan fingerprint density at radius 1 is 0.550 bits per heavy atom. The Kier molecular flexibility index (Phi) is 26.3. The van der Waals surface area contributed by atoms with Gasteiger partial charge in [0.05, 0.1) is 57.1 Å². The highest BCUT2D eigenvalue weighted by Crippen LogP contribution is 2.67. The fourth-order valence-corrected chi connectivity index (χ4v) is 80.5. The predicted molar refractivity (Wildman–Crippen MR) is 448 cm³/mol. The second kappa shape index (κ2) is 31.6. The van der Waals surface area contributed by atoms with Crippen molar-refractivity contribution in [2.24, 2.45) is 59.2 Å². The van der Waals surface area contributed by atoms with Crippen molar-refractivity contribution in [3.63, 3.8) is 0 Å². The Morgan fingerprint density at radius 2 is 1.07 bits per heavy atom. The number of benzene rings is 1. The molecule has 11 rings (SSSR count).